The van der Waals surface area contributed by atoms with E-state index < -0.39 is 11.9 Å². The Balaban J connectivity index is 2.06. The quantitative estimate of drug-likeness (QED) is 0.867. The molecule has 0 fully saturated rings. The molecule has 2 aromatic heterocycles. The van der Waals surface area contributed by atoms with Gasteiger partial charge in [-0.25, -0.2) is 0 Å². The van der Waals surface area contributed by atoms with E-state index in [0.29, 0.717) is 11.4 Å². The lowest BCUT2D eigenvalue weighted by Crippen LogP contribution is -2.20. The Morgan fingerprint density at radius 3 is 2.78 bits per heavy atom. The van der Waals surface area contributed by atoms with Crippen LogP contribution in [0, 0.1) is 0 Å². The first-order valence-electron chi connectivity index (χ1n) is 5.44. The molecule has 5 heteroatoms. The van der Waals surface area contributed by atoms with Crippen LogP contribution in [0.4, 0.5) is 0 Å². The molecule has 2 rings (SSSR count). The molecule has 1 unspecified atom stereocenters. The van der Waals surface area contributed by atoms with E-state index in [-0.39, 0.29) is 6.61 Å². The van der Waals surface area contributed by atoms with Crippen molar-refractivity contribution in [2.45, 2.75) is 5.92 Å². The molecule has 0 radical (unpaired) electrons. The summed E-state index contributed by atoms with van der Waals surface area (Å²) < 4.78 is 5.40. The van der Waals surface area contributed by atoms with Gasteiger partial charge in [0.05, 0.1) is 11.9 Å². The minimum Gasteiger partial charge on any atom is -0.491 e. The number of nitrogens with zero attached hydrogens (tertiary/aromatic N) is 2. The summed E-state index contributed by atoms with van der Waals surface area (Å²) in [5.41, 5.74) is 0.480. The van der Waals surface area contributed by atoms with Crippen LogP contribution < -0.4 is 4.74 Å². The van der Waals surface area contributed by atoms with Crippen molar-refractivity contribution in [2.24, 2.45) is 0 Å². The number of pyridine rings is 2. The highest BCUT2D eigenvalue weighted by Crippen LogP contribution is 2.16. The van der Waals surface area contributed by atoms with Crippen LogP contribution in [0.5, 0.6) is 5.75 Å². The summed E-state index contributed by atoms with van der Waals surface area (Å²) in [5, 5.41) is 9.17. The second kappa shape index (κ2) is 5.77. The summed E-state index contributed by atoms with van der Waals surface area (Å²) in [6.07, 6.45) is 4.73. The maximum absolute atomic E-state index is 11.2. The Kier molecular flexibility index (Phi) is 3.86. The fraction of sp³-hybridized carbons (Fsp3) is 0.154. The van der Waals surface area contributed by atoms with Gasteiger partial charge >= 0.3 is 5.97 Å². The van der Waals surface area contributed by atoms with Crippen LogP contribution in [-0.2, 0) is 4.79 Å². The van der Waals surface area contributed by atoms with Crippen molar-refractivity contribution in [3.05, 3.63) is 54.6 Å². The molecule has 18 heavy (non-hydrogen) atoms. The summed E-state index contributed by atoms with van der Waals surface area (Å²) >= 11 is 0. The number of ether oxygens (including phenoxy) is 1. The molecule has 92 valence electrons. The van der Waals surface area contributed by atoms with Crippen LogP contribution in [0.2, 0.25) is 0 Å². The first kappa shape index (κ1) is 12.0. The van der Waals surface area contributed by atoms with Crippen LogP contribution >= 0.6 is 0 Å². The van der Waals surface area contributed by atoms with Crippen molar-refractivity contribution in [2.75, 3.05) is 6.61 Å². The van der Waals surface area contributed by atoms with Crippen LogP contribution in [0.3, 0.4) is 0 Å². The first-order chi connectivity index (χ1) is 8.77. The van der Waals surface area contributed by atoms with Crippen molar-refractivity contribution in [1.82, 2.24) is 9.97 Å². The summed E-state index contributed by atoms with van der Waals surface area (Å²) in [5.74, 6) is -1.20. The smallest absolute Gasteiger partial charge is 0.316 e. The van der Waals surface area contributed by atoms with Gasteiger partial charge in [-0.15, -0.1) is 0 Å². The molecule has 0 aromatic carbocycles. The van der Waals surface area contributed by atoms with Crippen LogP contribution in [0.1, 0.15) is 11.6 Å². The minimum atomic E-state index is -0.961. The third-order valence-electron chi connectivity index (χ3n) is 2.39. The molecule has 1 N–H and O–H groups in total. The molecule has 0 spiro atoms. The molecular weight excluding hydrogens is 232 g/mol. The van der Waals surface area contributed by atoms with Gasteiger partial charge in [-0.1, -0.05) is 6.07 Å². The third kappa shape index (κ3) is 3.04. The Hall–Kier alpha value is -2.43. The van der Waals surface area contributed by atoms with Crippen molar-refractivity contribution in [3.63, 3.8) is 0 Å². The van der Waals surface area contributed by atoms with E-state index in [1.54, 1.807) is 42.7 Å². The Labute approximate surface area is 104 Å². The Morgan fingerprint density at radius 1 is 1.28 bits per heavy atom. The van der Waals surface area contributed by atoms with E-state index in [1.165, 1.54) is 6.20 Å². The van der Waals surface area contributed by atoms with Crippen LogP contribution in [-0.4, -0.2) is 27.7 Å². The number of aliphatic carboxylic acids is 1. The summed E-state index contributed by atoms with van der Waals surface area (Å²) in [7, 11) is 0. The average molecular weight is 244 g/mol. The molecule has 0 aliphatic rings. The minimum absolute atomic E-state index is 0.0258. The van der Waals surface area contributed by atoms with Crippen molar-refractivity contribution < 1.29 is 14.6 Å². The maximum Gasteiger partial charge on any atom is 0.316 e. The van der Waals surface area contributed by atoms with Crippen molar-refractivity contribution in [1.29, 1.82) is 0 Å². The standard InChI is InChI=1S/C13H12N2O3/c16-13(17)11(12-5-1-2-7-15-12)9-18-10-4-3-6-14-8-10/h1-8,11H,9H2,(H,16,17). The highest BCUT2D eigenvalue weighted by Gasteiger charge is 2.21. The Morgan fingerprint density at radius 2 is 2.17 bits per heavy atom. The van der Waals surface area contributed by atoms with E-state index in [1.807, 2.05) is 0 Å². The second-order valence-electron chi connectivity index (χ2n) is 3.65. The predicted molar refractivity (Wildman–Crippen MR) is 64.3 cm³/mol. The van der Waals surface area contributed by atoms with Gasteiger partial charge in [0.25, 0.3) is 0 Å². The molecule has 0 saturated heterocycles. The normalized spacial score (nSPS) is 11.8. The Bertz CT molecular complexity index is 502. The topological polar surface area (TPSA) is 72.3 Å². The van der Waals surface area contributed by atoms with Gasteiger partial charge in [-0.05, 0) is 24.3 Å². The lowest BCUT2D eigenvalue weighted by Gasteiger charge is -2.12. The highest BCUT2D eigenvalue weighted by atomic mass is 16.5. The van der Waals surface area contributed by atoms with Gasteiger partial charge in [-0.2, -0.15) is 0 Å². The van der Waals surface area contributed by atoms with Crippen molar-refractivity contribution in [3.8, 4) is 5.75 Å². The van der Waals surface area contributed by atoms with Crippen LogP contribution in [0.15, 0.2) is 48.9 Å². The van der Waals surface area contributed by atoms with Gasteiger partial charge in [-0.3, -0.25) is 14.8 Å². The molecule has 2 aromatic rings. The number of aromatic nitrogens is 2. The fourth-order valence-electron chi connectivity index (χ4n) is 1.48. The number of hydrogen-bond acceptors (Lipinski definition) is 4. The summed E-state index contributed by atoms with van der Waals surface area (Å²) in [6.45, 7) is 0.0258. The fourth-order valence-corrected chi connectivity index (χ4v) is 1.48. The molecule has 0 aliphatic heterocycles. The molecule has 5 nitrogen and oxygen atoms in total. The maximum atomic E-state index is 11.2. The highest BCUT2D eigenvalue weighted by molar-refractivity contribution is 5.75. The van der Waals surface area contributed by atoms with Gasteiger partial charge in [0.15, 0.2) is 0 Å². The molecule has 0 aliphatic carbocycles. The summed E-state index contributed by atoms with van der Waals surface area (Å²) in [6, 6.07) is 8.62. The largest absolute Gasteiger partial charge is 0.491 e. The lowest BCUT2D eigenvalue weighted by molar-refractivity contribution is -0.139. The monoisotopic (exact) mass is 244 g/mol. The van der Waals surface area contributed by atoms with Crippen molar-refractivity contribution >= 4 is 5.97 Å². The number of rotatable bonds is 5. The number of carboxylic acids is 1. The zero-order chi connectivity index (χ0) is 12.8. The molecule has 2 heterocycles. The molecule has 1 atom stereocenters. The van der Waals surface area contributed by atoms with E-state index >= 15 is 0 Å². The molecule has 0 amide bonds. The van der Waals surface area contributed by atoms with Gasteiger partial charge in [0.2, 0.25) is 0 Å². The SMILES string of the molecule is O=C(O)C(COc1cccnc1)c1ccccn1. The third-order valence-corrected chi connectivity index (χ3v) is 2.39. The number of carbonyl (C=O) groups is 1. The van der Waals surface area contributed by atoms with Gasteiger partial charge in [0.1, 0.15) is 18.3 Å². The van der Waals surface area contributed by atoms with Crippen LogP contribution in [0.25, 0.3) is 0 Å². The number of carboxylic acid groups (broad SMARTS) is 1. The van der Waals surface area contributed by atoms with E-state index in [9.17, 15) is 4.79 Å². The molecular formula is C13H12N2O3. The zero-order valence-corrected chi connectivity index (χ0v) is 9.56. The molecule has 0 saturated carbocycles. The van der Waals surface area contributed by atoms with Gasteiger partial charge in [0, 0.05) is 12.4 Å². The molecule has 0 bridgehead atoms. The first-order valence-corrected chi connectivity index (χ1v) is 5.44. The van der Waals surface area contributed by atoms with Gasteiger partial charge < -0.3 is 9.84 Å². The summed E-state index contributed by atoms with van der Waals surface area (Å²) in [4.78, 5) is 19.1. The van der Waals surface area contributed by atoms with E-state index in [2.05, 4.69) is 9.97 Å². The second-order valence-corrected chi connectivity index (χ2v) is 3.65. The predicted octanol–water partition coefficient (Wildman–Crippen LogP) is 1.72. The number of hydrogen-bond donors (Lipinski definition) is 1. The lowest BCUT2D eigenvalue weighted by atomic mass is 10.1. The van der Waals surface area contributed by atoms with E-state index in [0.717, 1.165) is 0 Å². The average Bonchev–Trinajstić information content (AvgIpc) is 2.41. The zero-order valence-electron chi connectivity index (χ0n) is 9.56. The van der Waals surface area contributed by atoms with E-state index in [4.69, 9.17) is 9.84 Å².